The van der Waals surface area contributed by atoms with Crippen LogP contribution in [0.1, 0.15) is 11.1 Å². The summed E-state index contributed by atoms with van der Waals surface area (Å²) in [5.41, 5.74) is 5.58. The molecular weight excluding hydrogens is 488 g/mol. The average Bonchev–Trinajstić information content (AvgIpc) is 3.01. The van der Waals surface area contributed by atoms with Gasteiger partial charge in [-0.3, -0.25) is 0 Å². The quantitative estimate of drug-likeness (QED) is 0.244. The lowest BCUT2D eigenvalue weighted by Crippen LogP contribution is -2.46. The number of ether oxygens (including phenoxy) is 3. The van der Waals surface area contributed by atoms with Crippen molar-refractivity contribution >= 4 is 17.3 Å². The van der Waals surface area contributed by atoms with Gasteiger partial charge < -0.3 is 24.0 Å². The van der Waals surface area contributed by atoms with Crippen LogP contribution in [-0.2, 0) is 22.6 Å². The lowest BCUT2D eigenvalue weighted by atomic mass is 10.0. The van der Waals surface area contributed by atoms with E-state index in [0.29, 0.717) is 25.2 Å². The molecular formula is C33H32N2O4. The molecule has 0 fully saturated rings. The molecule has 39 heavy (non-hydrogen) atoms. The van der Waals surface area contributed by atoms with Crippen molar-refractivity contribution in [2.24, 2.45) is 0 Å². The summed E-state index contributed by atoms with van der Waals surface area (Å²) >= 11 is 0. The molecule has 0 aromatic heterocycles. The van der Waals surface area contributed by atoms with Crippen LogP contribution in [0.25, 0.3) is 0 Å². The zero-order valence-electron chi connectivity index (χ0n) is 22.2. The first kappa shape index (κ1) is 25.9. The number of esters is 1. The molecule has 0 aliphatic carbocycles. The Morgan fingerprint density at radius 2 is 1.23 bits per heavy atom. The van der Waals surface area contributed by atoms with Crippen LogP contribution in [0, 0.1) is 0 Å². The Hall–Kier alpha value is -4.71. The summed E-state index contributed by atoms with van der Waals surface area (Å²) < 4.78 is 16.6. The second kappa shape index (κ2) is 12.2. The van der Waals surface area contributed by atoms with Crippen molar-refractivity contribution in [1.29, 1.82) is 0 Å². The maximum Gasteiger partial charge on any atom is 0.337 e. The van der Waals surface area contributed by atoms with Crippen LogP contribution < -0.4 is 19.3 Å². The summed E-state index contributed by atoms with van der Waals surface area (Å²) in [4.78, 5) is 18.1. The lowest BCUT2D eigenvalue weighted by molar-refractivity contribution is -0.140. The molecule has 6 nitrogen and oxygen atoms in total. The minimum absolute atomic E-state index is 0.215. The summed E-state index contributed by atoms with van der Waals surface area (Å²) in [5, 5.41) is 0. The van der Waals surface area contributed by atoms with Crippen LogP contribution in [0.2, 0.25) is 0 Å². The second-order valence-corrected chi connectivity index (χ2v) is 9.31. The minimum atomic E-state index is -0.318. The molecule has 0 spiro atoms. The molecule has 198 valence electrons. The van der Waals surface area contributed by atoms with Gasteiger partial charge in [0, 0.05) is 23.5 Å². The summed E-state index contributed by atoms with van der Waals surface area (Å²) in [7, 11) is 3.31. The number of allylic oxidation sites excluding steroid dienone is 1. The molecule has 0 radical (unpaired) electrons. The van der Waals surface area contributed by atoms with Crippen molar-refractivity contribution in [1.82, 2.24) is 0 Å². The van der Waals surface area contributed by atoms with Crippen molar-refractivity contribution < 1.29 is 19.0 Å². The molecule has 5 rings (SSSR count). The lowest BCUT2D eigenvalue weighted by Gasteiger charge is -2.41. The van der Waals surface area contributed by atoms with E-state index in [1.165, 1.54) is 0 Å². The van der Waals surface area contributed by atoms with Gasteiger partial charge in [-0.05, 0) is 59.7 Å². The summed E-state index contributed by atoms with van der Waals surface area (Å²) in [6.45, 7) is 1.21. The zero-order valence-corrected chi connectivity index (χ0v) is 22.2. The normalized spacial score (nSPS) is 13.3. The molecule has 0 bridgehead atoms. The van der Waals surface area contributed by atoms with E-state index in [4.69, 9.17) is 14.2 Å². The van der Waals surface area contributed by atoms with Crippen LogP contribution in [0.15, 0.2) is 120 Å². The van der Waals surface area contributed by atoms with Gasteiger partial charge in [0.25, 0.3) is 0 Å². The highest BCUT2D eigenvalue weighted by atomic mass is 16.5. The Balaban J connectivity index is 1.56. The molecule has 4 aromatic rings. The molecule has 0 saturated heterocycles. The number of rotatable bonds is 9. The molecule has 0 unspecified atom stereocenters. The topological polar surface area (TPSA) is 51.2 Å². The summed E-state index contributed by atoms with van der Waals surface area (Å²) in [5.74, 6) is 1.24. The van der Waals surface area contributed by atoms with E-state index >= 15 is 0 Å². The van der Waals surface area contributed by atoms with Crippen molar-refractivity contribution in [2.45, 2.75) is 13.0 Å². The highest BCUT2D eigenvalue weighted by molar-refractivity contribution is 5.92. The summed E-state index contributed by atoms with van der Waals surface area (Å²) in [6.07, 6.45) is 0.596. The second-order valence-electron chi connectivity index (χ2n) is 9.31. The van der Waals surface area contributed by atoms with Gasteiger partial charge in [0.2, 0.25) is 0 Å². The first-order valence-electron chi connectivity index (χ1n) is 12.9. The molecule has 1 aliphatic rings. The number of methoxy groups -OCH3 is 2. The Bertz CT molecular complexity index is 1400. The van der Waals surface area contributed by atoms with Crippen LogP contribution in [0.3, 0.4) is 0 Å². The Morgan fingerprint density at radius 1 is 0.692 bits per heavy atom. The highest BCUT2D eigenvalue weighted by Crippen LogP contribution is 2.33. The van der Waals surface area contributed by atoms with Crippen LogP contribution >= 0.6 is 0 Å². The molecule has 6 heteroatoms. The van der Waals surface area contributed by atoms with Crippen molar-refractivity contribution in [3.63, 3.8) is 0 Å². The summed E-state index contributed by atoms with van der Waals surface area (Å²) in [6, 6.07) is 35.8. The minimum Gasteiger partial charge on any atom is -0.497 e. The van der Waals surface area contributed by atoms with E-state index in [1.54, 1.807) is 14.2 Å². The van der Waals surface area contributed by atoms with Crippen LogP contribution in [0.5, 0.6) is 11.5 Å². The largest absolute Gasteiger partial charge is 0.497 e. The van der Waals surface area contributed by atoms with Crippen molar-refractivity contribution in [3.05, 3.63) is 132 Å². The van der Waals surface area contributed by atoms with Crippen molar-refractivity contribution in [2.75, 3.05) is 37.2 Å². The molecule has 0 saturated carbocycles. The molecule has 4 aromatic carbocycles. The third kappa shape index (κ3) is 6.24. The van der Waals surface area contributed by atoms with E-state index in [0.717, 1.165) is 39.7 Å². The highest BCUT2D eigenvalue weighted by Gasteiger charge is 2.31. The van der Waals surface area contributed by atoms with Crippen LogP contribution in [-0.4, -0.2) is 33.4 Å². The van der Waals surface area contributed by atoms with Gasteiger partial charge in [0.05, 0.1) is 33.0 Å². The molecule has 0 N–H and O–H groups in total. The van der Waals surface area contributed by atoms with Gasteiger partial charge in [0.15, 0.2) is 0 Å². The van der Waals surface area contributed by atoms with E-state index in [-0.39, 0.29) is 12.6 Å². The maximum absolute atomic E-state index is 13.8. The SMILES string of the molecule is COc1ccc(N2CC(C(=O)OCc3ccccc3)=C(Cc3ccccc3)N(c3ccc(OC)cc3)C2)cc1. The van der Waals surface area contributed by atoms with Crippen LogP contribution in [0.4, 0.5) is 11.4 Å². The fourth-order valence-corrected chi connectivity index (χ4v) is 4.70. The Morgan fingerprint density at radius 3 is 1.79 bits per heavy atom. The number of carbonyl (C=O) groups is 1. The van der Waals surface area contributed by atoms with E-state index in [9.17, 15) is 4.79 Å². The number of carbonyl (C=O) groups excluding carboxylic acids is 1. The predicted molar refractivity (Wildman–Crippen MR) is 154 cm³/mol. The first-order chi connectivity index (χ1) is 19.1. The number of hydrogen-bond acceptors (Lipinski definition) is 6. The molecule has 0 atom stereocenters. The van der Waals surface area contributed by atoms with E-state index in [1.807, 2.05) is 97.1 Å². The van der Waals surface area contributed by atoms with Gasteiger partial charge >= 0.3 is 5.97 Å². The number of anilines is 2. The first-order valence-corrected chi connectivity index (χ1v) is 12.9. The van der Waals surface area contributed by atoms with Gasteiger partial charge in [0.1, 0.15) is 18.1 Å². The number of nitrogens with zero attached hydrogens (tertiary/aromatic N) is 2. The third-order valence-corrected chi connectivity index (χ3v) is 6.83. The number of hydrogen-bond donors (Lipinski definition) is 0. The molecule has 1 heterocycles. The standard InChI is InChI=1S/C33H32N2O4/c1-37-29-17-13-27(14-18-29)34-22-31(33(36)39-23-26-11-7-4-8-12-26)32(21-25-9-5-3-6-10-25)35(24-34)28-15-19-30(38-2)20-16-28/h3-20H,21-24H2,1-2H3. The van der Waals surface area contributed by atoms with Gasteiger partial charge in [-0.15, -0.1) is 0 Å². The molecule has 1 aliphatic heterocycles. The van der Waals surface area contributed by atoms with Gasteiger partial charge in [-0.2, -0.15) is 0 Å². The van der Waals surface area contributed by atoms with E-state index < -0.39 is 0 Å². The smallest absolute Gasteiger partial charge is 0.337 e. The Kier molecular flexibility index (Phi) is 8.12. The van der Waals surface area contributed by atoms with Gasteiger partial charge in [-0.25, -0.2) is 4.79 Å². The van der Waals surface area contributed by atoms with Crippen molar-refractivity contribution in [3.8, 4) is 11.5 Å². The predicted octanol–water partition coefficient (Wildman–Crippen LogP) is 6.23. The fourth-order valence-electron chi connectivity index (χ4n) is 4.70. The van der Waals surface area contributed by atoms with E-state index in [2.05, 4.69) is 21.9 Å². The average molecular weight is 521 g/mol. The van der Waals surface area contributed by atoms with Gasteiger partial charge in [-0.1, -0.05) is 60.7 Å². The molecule has 0 amide bonds. The Labute approximate surface area is 229 Å². The zero-order chi connectivity index (χ0) is 27.0. The fraction of sp³-hybridized carbons (Fsp3) is 0.182. The number of benzene rings is 4. The third-order valence-electron chi connectivity index (χ3n) is 6.83. The maximum atomic E-state index is 13.8. The monoisotopic (exact) mass is 520 g/mol.